The summed E-state index contributed by atoms with van der Waals surface area (Å²) in [6.45, 7) is 4.31. The van der Waals surface area contributed by atoms with Crippen LogP contribution in [0.3, 0.4) is 0 Å². The van der Waals surface area contributed by atoms with Crippen molar-refractivity contribution in [3.05, 3.63) is 84.4 Å². The molecule has 0 aromatic heterocycles. The molecule has 1 aliphatic rings. The molecular formula is C30H38BN3O5S. The van der Waals surface area contributed by atoms with Gasteiger partial charge in [-0.3, -0.25) is 10.0 Å². The highest BCUT2D eigenvalue weighted by Crippen LogP contribution is 2.30. The van der Waals surface area contributed by atoms with Crippen molar-refractivity contribution in [1.29, 1.82) is 0 Å². The van der Waals surface area contributed by atoms with Crippen molar-refractivity contribution in [2.45, 2.75) is 69.8 Å². The van der Waals surface area contributed by atoms with Gasteiger partial charge in [0.2, 0.25) is 0 Å². The van der Waals surface area contributed by atoms with Gasteiger partial charge in [0.25, 0.3) is 10.0 Å². The lowest BCUT2D eigenvalue weighted by atomic mass is 9.79. The molecule has 1 amide bonds. The summed E-state index contributed by atoms with van der Waals surface area (Å²) in [5.41, 5.74) is 1.65. The fourth-order valence-electron chi connectivity index (χ4n) is 5.31. The van der Waals surface area contributed by atoms with Crippen LogP contribution in [0.4, 0.5) is 16.2 Å². The van der Waals surface area contributed by atoms with E-state index in [-0.39, 0.29) is 10.9 Å². The minimum atomic E-state index is -3.90. The molecule has 1 fully saturated rings. The fourth-order valence-corrected chi connectivity index (χ4v) is 6.41. The summed E-state index contributed by atoms with van der Waals surface area (Å²) in [5, 5.41) is 13.2. The Hall–Kier alpha value is -3.34. The smallest absolute Gasteiger partial charge is 0.417 e. The predicted molar refractivity (Wildman–Crippen MR) is 160 cm³/mol. The molecule has 1 saturated carbocycles. The monoisotopic (exact) mass is 563 g/mol. The van der Waals surface area contributed by atoms with Crippen LogP contribution in [0.5, 0.6) is 5.75 Å². The zero-order chi connectivity index (χ0) is 28.5. The number of hydrogen-bond donors (Lipinski definition) is 3. The standard InChI is InChI=1S/C30H38BN3O5S/c1-23(21-24-11-5-3-6-12-24)34(31(2)36)22-25-13-9-10-16-29(25)33-40(37,38)28-19-17-26(18-20-28)32-30(35)39-27-14-7-4-8-15-27/h4,7-10,13-20,23-24,33,36H,3,5-6,11-12,21-22H2,1-2H3,(H,32,35). The third-order valence-corrected chi connectivity index (χ3v) is 8.81. The minimum absolute atomic E-state index is 0.0577. The third kappa shape index (κ3) is 8.33. The Morgan fingerprint density at radius 2 is 1.65 bits per heavy atom. The summed E-state index contributed by atoms with van der Waals surface area (Å²) in [6, 6.07) is 21.9. The van der Waals surface area contributed by atoms with Crippen molar-refractivity contribution < 1.29 is 23.0 Å². The maximum atomic E-state index is 13.3. The van der Waals surface area contributed by atoms with E-state index in [0.717, 1.165) is 12.0 Å². The largest absolute Gasteiger partial charge is 0.437 e. The minimum Gasteiger partial charge on any atom is -0.437 e. The van der Waals surface area contributed by atoms with E-state index in [1.807, 2.05) is 23.0 Å². The molecule has 1 aliphatic carbocycles. The van der Waals surface area contributed by atoms with Gasteiger partial charge >= 0.3 is 13.1 Å². The van der Waals surface area contributed by atoms with Crippen molar-refractivity contribution >= 4 is 34.5 Å². The number of carbonyl (C=O) groups is 1. The zero-order valence-corrected chi connectivity index (χ0v) is 23.9. The summed E-state index contributed by atoms with van der Waals surface area (Å²) in [6.07, 6.45) is 6.65. The molecule has 40 heavy (non-hydrogen) atoms. The Kier molecular flexibility index (Phi) is 10.2. The maximum Gasteiger partial charge on any atom is 0.417 e. The molecule has 3 aromatic rings. The van der Waals surface area contributed by atoms with Crippen LogP contribution in [0.15, 0.2) is 83.8 Å². The first kappa shape index (κ1) is 29.6. The van der Waals surface area contributed by atoms with Gasteiger partial charge in [-0.1, -0.05) is 75.4 Å². The Bertz CT molecular complexity index is 1350. The van der Waals surface area contributed by atoms with E-state index in [9.17, 15) is 18.2 Å². The van der Waals surface area contributed by atoms with E-state index in [1.54, 1.807) is 43.2 Å². The second-order valence-electron chi connectivity index (χ2n) is 10.5. The molecule has 4 rings (SSSR count). The van der Waals surface area contributed by atoms with E-state index in [2.05, 4.69) is 17.0 Å². The molecule has 1 unspecified atom stereocenters. The van der Waals surface area contributed by atoms with E-state index in [4.69, 9.17) is 4.74 Å². The zero-order valence-electron chi connectivity index (χ0n) is 23.1. The number of para-hydroxylation sites is 2. The number of nitrogens with one attached hydrogen (secondary N) is 2. The third-order valence-electron chi connectivity index (χ3n) is 7.42. The lowest BCUT2D eigenvalue weighted by Crippen LogP contribution is -2.44. The summed E-state index contributed by atoms with van der Waals surface area (Å²) in [7, 11) is -4.57. The van der Waals surface area contributed by atoms with Crippen molar-refractivity contribution in [2.24, 2.45) is 5.92 Å². The number of ether oxygens (including phenoxy) is 1. The molecule has 0 bridgehead atoms. The summed E-state index contributed by atoms with van der Waals surface area (Å²) in [5.74, 6) is 1.07. The number of carbonyl (C=O) groups excluding carboxylic acids is 1. The molecule has 1 atom stereocenters. The van der Waals surface area contributed by atoms with Gasteiger partial charge < -0.3 is 14.6 Å². The molecule has 0 radical (unpaired) electrons. The van der Waals surface area contributed by atoms with Crippen LogP contribution >= 0.6 is 0 Å². The van der Waals surface area contributed by atoms with Crippen LogP contribution in [-0.4, -0.2) is 37.4 Å². The van der Waals surface area contributed by atoms with Crippen LogP contribution in [0.1, 0.15) is 51.0 Å². The van der Waals surface area contributed by atoms with Gasteiger partial charge in [0.15, 0.2) is 0 Å². The van der Waals surface area contributed by atoms with E-state index in [1.165, 1.54) is 56.4 Å². The van der Waals surface area contributed by atoms with Gasteiger partial charge in [0.1, 0.15) is 5.75 Å². The van der Waals surface area contributed by atoms with Crippen LogP contribution in [-0.2, 0) is 16.6 Å². The van der Waals surface area contributed by atoms with E-state index in [0.29, 0.717) is 29.6 Å². The van der Waals surface area contributed by atoms with Crippen LogP contribution in [0.2, 0.25) is 6.82 Å². The SMILES string of the molecule is CB(O)N(Cc1ccccc1NS(=O)(=O)c1ccc(NC(=O)Oc2ccccc2)cc1)C(C)CC1CCCCC1. The number of anilines is 2. The highest BCUT2D eigenvalue weighted by Gasteiger charge is 2.27. The average molecular weight is 564 g/mol. The Labute approximate surface area is 237 Å². The summed E-state index contributed by atoms with van der Waals surface area (Å²) in [4.78, 5) is 14.2. The lowest BCUT2D eigenvalue weighted by molar-refractivity contribution is 0.215. The van der Waals surface area contributed by atoms with Gasteiger partial charge in [0, 0.05) is 12.2 Å². The molecule has 0 heterocycles. The maximum absolute atomic E-state index is 13.3. The van der Waals surface area contributed by atoms with Crippen molar-refractivity contribution in [3.8, 4) is 5.75 Å². The second-order valence-corrected chi connectivity index (χ2v) is 12.2. The number of rotatable bonds is 11. The van der Waals surface area contributed by atoms with Gasteiger partial charge in [0.05, 0.1) is 10.6 Å². The quantitative estimate of drug-likeness (QED) is 0.234. The average Bonchev–Trinajstić information content (AvgIpc) is 2.93. The first-order valence-corrected chi connectivity index (χ1v) is 15.4. The summed E-state index contributed by atoms with van der Waals surface area (Å²) < 4.78 is 34.4. The predicted octanol–water partition coefficient (Wildman–Crippen LogP) is 6.37. The van der Waals surface area contributed by atoms with Crippen molar-refractivity contribution in [2.75, 3.05) is 10.0 Å². The Morgan fingerprint density at radius 1 is 1.00 bits per heavy atom. The molecule has 8 nitrogen and oxygen atoms in total. The number of sulfonamides is 1. The molecule has 10 heteroatoms. The van der Waals surface area contributed by atoms with E-state index < -0.39 is 23.2 Å². The first-order valence-electron chi connectivity index (χ1n) is 13.9. The van der Waals surface area contributed by atoms with E-state index >= 15 is 0 Å². The summed E-state index contributed by atoms with van der Waals surface area (Å²) >= 11 is 0. The fraction of sp³-hybridized carbons (Fsp3) is 0.367. The number of nitrogens with zero attached hydrogens (tertiary/aromatic N) is 1. The first-order chi connectivity index (χ1) is 19.2. The van der Waals surface area contributed by atoms with Gasteiger partial charge in [-0.2, -0.15) is 0 Å². The number of benzene rings is 3. The number of hydrogen-bond acceptors (Lipinski definition) is 6. The number of amides is 1. The Balaban J connectivity index is 1.42. The molecule has 212 valence electrons. The molecular weight excluding hydrogens is 525 g/mol. The molecule has 3 aromatic carbocycles. The van der Waals surface area contributed by atoms with Gasteiger partial charge in [-0.05, 0) is 73.2 Å². The highest BCUT2D eigenvalue weighted by molar-refractivity contribution is 7.92. The van der Waals surface area contributed by atoms with Crippen LogP contribution < -0.4 is 14.8 Å². The lowest BCUT2D eigenvalue weighted by Gasteiger charge is -2.34. The second kappa shape index (κ2) is 13.8. The van der Waals surface area contributed by atoms with Gasteiger partial charge in [-0.15, -0.1) is 0 Å². The molecule has 0 spiro atoms. The molecule has 0 aliphatic heterocycles. The van der Waals surface area contributed by atoms with Gasteiger partial charge in [-0.25, -0.2) is 13.2 Å². The van der Waals surface area contributed by atoms with Crippen molar-refractivity contribution in [1.82, 2.24) is 4.81 Å². The Morgan fingerprint density at radius 3 is 2.33 bits per heavy atom. The highest BCUT2D eigenvalue weighted by atomic mass is 32.2. The molecule has 3 N–H and O–H groups in total. The topological polar surface area (TPSA) is 108 Å². The van der Waals surface area contributed by atoms with Crippen LogP contribution in [0, 0.1) is 5.92 Å². The normalized spacial score (nSPS) is 14.9. The van der Waals surface area contributed by atoms with Crippen molar-refractivity contribution in [3.63, 3.8) is 0 Å². The molecule has 0 saturated heterocycles. The van der Waals surface area contributed by atoms with Crippen LogP contribution in [0.25, 0.3) is 0 Å².